The van der Waals surface area contributed by atoms with Crippen LogP contribution in [0.15, 0.2) is 18.2 Å². The SMILES string of the molecule is CC[C@H](Oc1cccc(C)c1C)C(=O)N(CC)CC. The van der Waals surface area contributed by atoms with Crippen LogP contribution in [0.1, 0.15) is 38.3 Å². The summed E-state index contributed by atoms with van der Waals surface area (Å²) in [4.78, 5) is 14.2. The fourth-order valence-corrected chi connectivity index (χ4v) is 2.05. The lowest BCUT2D eigenvalue weighted by Gasteiger charge is -2.25. The number of nitrogens with zero attached hydrogens (tertiary/aromatic N) is 1. The highest BCUT2D eigenvalue weighted by molar-refractivity contribution is 5.81. The van der Waals surface area contributed by atoms with Crippen LogP contribution in [0.25, 0.3) is 0 Å². The van der Waals surface area contributed by atoms with Gasteiger partial charge in [-0.3, -0.25) is 4.79 Å². The summed E-state index contributed by atoms with van der Waals surface area (Å²) in [5.41, 5.74) is 2.29. The third-order valence-electron chi connectivity index (χ3n) is 3.55. The molecule has 0 heterocycles. The van der Waals surface area contributed by atoms with Gasteiger partial charge in [0, 0.05) is 13.1 Å². The lowest BCUT2D eigenvalue weighted by Crippen LogP contribution is -2.41. The maximum absolute atomic E-state index is 12.3. The van der Waals surface area contributed by atoms with Gasteiger partial charge >= 0.3 is 0 Å². The minimum atomic E-state index is -0.389. The Hall–Kier alpha value is -1.51. The van der Waals surface area contributed by atoms with Crippen molar-refractivity contribution in [3.05, 3.63) is 29.3 Å². The maximum Gasteiger partial charge on any atom is 0.263 e. The van der Waals surface area contributed by atoms with E-state index in [1.807, 2.05) is 44.7 Å². The molecule has 0 unspecified atom stereocenters. The summed E-state index contributed by atoms with van der Waals surface area (Å²) >= 11 is 0. The summed E-state index contributed by atoms with van der Waals surface area (Å²) in [5.74, 6) is 0.890. The van der Waals surface area contributed by atoms with E-state index in [1.165, 1.54) is 5.56 Å². The fraction of sp³-hybridized carbons (Fsp3) is 0.562. The van der Waals surface area contributed by atoms with Gasteiger partial charge in [-0.15, -0.1) is 0 Å². The molecular weight excluding hydrogens is 238 g/mol. The molecule has 19 heavy (non-hydrogen) atoms. The number of rotatable bonds is 6. The number of ether oxygens (including phenoxy) is 1. The number of likely N-dealkylation sites (N-methyl/N-ethyl adjacent to an activating group) is 1. The van der Waals surface area contributed by atoms with Gasteiger partial charge in [0.05, 0.1) is 0 Å². The molecule has 0 aliphatic heterocycles. The second-order valence-corrected chi connectivity index (χ2v) is 4.72. The first-order chi connectivity index (χ1) is 9.04. The molecule has 0 saturated heterocycles. The van der Waals surface area contributed by atoms with Gasteiger partial charge in [-0.2, -0.15) is 0 Å². The lowest BCUT2D eigenvalue weighted by molar-refractivity contribution is -0.138. The molecule has 106 valence electrons. The van der Waals surface area contributed by atoms with Crippen molar-refractivity contribution in [3.8, 4) is 5.75 Å². The van der Waals surface area contributed by atoms with Crippen LogP contribution in [0.4, 0.5) is 0 Å². The van der Waals surface area contributed by atoms with Crippen LogP contribution in [0, 0.1) is 13.8 Å². The Morgan fingerprint density at radius 2 is 1.84 bits per heavy atom. The standard InChI is InChI=1S/C16H25NO2/c1-6-14(16(18)17(7-2)8-3)19-15-11-9-10-12(4)13(15)5/h9-11,14H,6-8H2,1-5H3/t14-/m0/s1. The van der Waals surface area contributed by atoms with E-state index in [2.05, 4.69) is 13.0 Å². The molecule has 0 bridgehead atoms. The number of aryl methyl sites for hydroxylation is 1. The molecule has 3 heteroatoms. The van der Waals surface area contributed by atoms with E-state index in [9.17, 15) is 4.79 Å². The number of hydrogen-bond acceptors (Lipinski definition) is 2. The van der Waals surface area contributed by atoms with Gasteiger partial charge in [0.15, 0.2) is 6.10 Å². The van der Waals surface area contributed by atoms with Crippen LogP contribution in [-0.4, -0.2) is 30.0 Å². The van der Waals surface area contributed by atoms with Gasteiger partial charge in [0.1, 0.15) is 5.75 Å². The highest BCUT2D eigenvalue weighted by atomic mass is 16.5. The smallest absolute Gasteiger partial charge is 0.263 e. The van der Waals surface area contributed by atoms with Crippen molar-refractivity contribution in [2.24, 2.45) is 0 Å². The molecule has 0 fully saturated rings. The van der Waals surface area contributed by atoms with Crippen LogP contribution in [0.2, 0.25) is 0 Å². The van der Waals surface area contributed by atoms with Crippen molar-refractivity contribution in [2.45, 2.75) is 47.1 Å². The van der Waals surface area contributed by atoms with Gasteiger partial charge in [-0.05, 0) is 51.3 Å². The zero-order valence-corrected chi connectivity index (χ0v) is 12.7. The van der Waals surface area contributed by atoms with E-state index in [1.54, 1.807) is 0 Å². The predicted octanol–water partition coefficient (Wildman–Crippen LogP) is 3.33. The number of benzene rings is 1. The molecule has 1 aromatic carbocycles. The summed E-state index contributed by atoms with van der Waals surface area (Å²) < 4.78 is 5.93. The highest BCUT2D eigenvalue weighted by Crippen LogP contribution is 2.23. The van der Waals surface area contributed by atoms with E-state index in [0.29, 0.717) is 6.42 Å². The minimum absolute atomic E-state index is 0.0772. The Morgan fingerprint density at radius 1 is 1.21 bits per heavy atom. The number of carbonyl (C=O) groups is 1. The Kier molecular flexibility index (Phi) is 5.87. The highest BCUT2D eigenvalue weighted by Gasteiger charge is 2.23. The van der Waals surface area contributed by atoms with Gasteiger partial charge < -0.3 is 9.64 Å². The molecule has 0 aliphatic carbocycles. The first-order valence-electron chi connectivity index (χ1n) is 7.06. The third kappa shape index (κ3) is 3.72. The van der Waals surface area contributed by atoms with Gasteiger partial charge in [0.2, 0.25) is 0 Å². The Bertz CT molecular complexity index is 425. The predicted molar refractivity (Wildman–Crippen MR) is 78.6 cm³/mol. The van der Waals surface area contributed by atoms with Crippen LogP contribution in [0.5, 0.6) is 5.75 Å². The minimum Gasteiger partial charge on any atom is -0.480 e. The van der Waals surface area contributed by atoms with Crippen molar-refractivity contribution in [1.29, 1.82) is 0 Å². The largest absolute Gasteiger partial charge is 0.480 e. The molecule has 0 aromatic heterocycles. The molecule has 0 radical (unpaired) electrons. The third-order valence-corrected chi connectivity index (χ3v) is 3.55. The molecule has 1 rings (SSSR count). The van der Waals surface area contributed by atoms with E-state index in [0.717, 1.165) is 24.4 Å². The van der Waals surface area contributed by atoms with Crippen LogP contribution >= 0.6 is 0 Å². The Labute approximate surface area is 116 Å². The average Bonchev–Trinajstić information content (AvgIpc) is 2.41. The fourth-order valence-electron chi connectivity index (χ4n) is 2.05. The van der Waals surface area contributed by atoms with Gasteiger partial charge in [-0.25, -0.2) is 0 Å². The average molecular weight is 263 g/mol. The second-order valence-electron chi connectivity index (χ2n) is 4.72. The van der Waals surface area contributed by atoms with Crippen molar-refractivity contribution < 1.29 is 9.53 Å². The van der Waals surface area contributed by atoms with Crippen molar-refractivity contribution in [1.82, 2.24) is 4.90 Å². The summed E-state index contributed by atoms with van der Waals surface area (Å²) in [5, 5.41) is 0. The van der Waals surface area contributed by atoms with Crippen LogP contribution in [0.3, 0.4) is 0 Å². The summed E-state index contributed by atoms with van der Waals surface area (Å²) in [6, 6.07) is 5.95. The maximum atomic E-state index is 12.3. The first kappa shape index (κ1) is 15.5. The first-order valence-corrected chi connectivity index (χ1v) is 7.06. The lowest BCUT2D eigenvalue weighted by atomic mass is 10.1. The topological polar surface area (TPSA) is 29.5 Å². The monoisotopic (exact) mass is 263 g/mol. The Balaban J connectivity index is 2.87. The number of amides is 1. The quantitative estimate of drug-likeness (QED) is 0.788. The second kappa shape index (κ2) is 7.17. The van der Waals surface area contributed by atoms with Crippen molar-refractivity contribution >= 4 is 5.91 Å². The molecule has 0 N–H and O–H groups in total. The molecular formula is C16H25NO2. The normalized spacial score (nSPS) is 12.1. The molecule has 1 atom stereocenters. The molecule has 3 nitrogen and oxygen atoms in total. The number of hydrogen-bond donors (Lipinski definition) is 0. The molecule has 0 saturated carbocycles. The van der Waals surface area contributed by atoms with Crippen LogP contribution in [-0.2, 0) is 4.79 Å². The summed E-state index contributed by atoms with van der Waals surface area (Å²) in [6.45, 7) is 11.5. The molecule has 0 spiro atoms. The summed E-state index contributed by atoms with van der Waals surface area (Å²) in [7, 11) is 0. The van der Waals surface area contributed by atoms with E-state index in [4.69, 9.17) is 4.74 Å². The Morgan fingerprint density at radius 3 is 2.37 bits per heavy atom. The number of carbonyl (C=O) groups excluding carboxylic acids is 1. The molecule has 0 aliphatic rings. The van der Waals surface area contributed by atoms with E-state index >= 15 is 0 Å². The van der Waals surface area contributed by atoms with Crippen LogP contribution < -0.4 is 4.74 Å². The van der Waals surface area contributed by atoms with Crippen molar-refractivity contribution in [3.63, 3.8) is 0 Å². The van der Waals surface area contributed by atoms with Gasteiger partial charge in [0.25, 0.3) is 5.91 Å². The van der Waals surface area contributed by atoms with E-state index in [-0.39, 0.29) is 12.0 Å². The van der Waals surface area contributed by atoms with E-state index < -0.39 is 0 Å². The zero-order valence-electron chi connectivity index (χ0n) is 12.7. The zero-order chi connectivity index (χ0) is 14.4. The molecule has 1 aromatic rings. The summed E-state index contributed by atoms with van der Waals surface area (Å²) in [6.07, 6.45) is 0.295. The van der Waals surface area contributed by atoms with Gasteiger partial charge in [-0.1, -0.05) is 19.1 Å². The molecule has 1 amide bonds. The van der Waals surface area contributed by atoms with Crippen molar-refractivity contribution in [2.75, 3.05) is 13.1 Å².